The number of rotatable bonds is 9. The standard InChI is InChI=1S/C25H30F2N2O2S/c1-18(25(31)28-22-8-3-2-4-9-22)29(15-19-11-13-21(26)14-12-19)24(30)17-32-16-20-7-5-6-10-23(20)27/h5-7,10-14,18,22H,2-4,8-9,15-17H2,1H3,(H,28,31). The van der Waals surface area contributed by atoms with Crippen LogP contribution in [-0.2, 0) is 21.9 Å². The summed E-state index contributed by atoms with van der Waals surface area (Å²) >= 11 is 1.31. The van der Waals surface area contributed by atoms with E-state index in [2.05, 4.69) is 5.32 Å². The van der Waals surface area contributed by atoms with Crippen LogP contribution in [-0.4, -0.2) is 34.6 Å². The molecular formula is C25H30F2N2O2S. The maximum absolute atomic E-state index is 13.9. The number of nitrogens with one attached hydrogen (secondary N) is 1. The van der Waals surface area contributed by atoms with Gasteiger partial charge in [0.25, 0.3) is 0 Å². The molecule has 0 aliphatic heterocycles. The highest BCUT2D eigenvalue weighted by Crippen LogP contribution is 2.20. The first-order chi connectivity index (χ1) is 15.4. The Morgan fingerprint density at radius 3 is 2.44 bits per heavy atom. The van der Waals surface area contributed by atoms with Crippen molar-refractivity contribution in [3.8, 4) is 0 Å². The molecule has 1 N–H and O–H groups in total. The second kappa shape index (κ2) is 12.0. The molecule has 2 aromatic rings. The molecular weight excluding hydrogens is 430 g/mol. The molecule has 0 spiro atoms. The van der Waals surface area contributed by atoms with Crippen LogP contribution in [0, 0.1) is 11.6 Å². The zero-order valence-electron chi connectivity index (χ0n) is 18.4. The van der Waals surface area contributed by atoms with Gasteiger partial charge in [0.15, 0.2) is 0 Å². The topological polar surface area (TPSA) is 49.4 Å². The number of thioether (sulfide) groups is 1. The van der Waals surface area contributed by atoms with E-state index in [1.807, 2.05) is 0 Å². The molecule has 3 rings (SSSR count). The van der Waals surface area contributed by atoms with Crippen molar-refractivity contribution in [2.24, 2.45) is 0 Å². The fraction of sp³-hybridized carbons (Fsp3) is 0.440. The molecule has 1 atom stereocenters. The summed E-state index contributed by atoms with van der Waals surface area (Å²) in [5.74, 6) is -0.540. The predicted octanol–water partition coefficient (Wildman–Crippen LogP) is 5.06. The van der Waals surface area contributed by atoms with Gasteiger partial charge in [0.1, 0.15) is 17.7 Å². The Morgan fingerprint density at radius 1 is 1.06 bits per heavy atom. The molecule has 0 saturated heterocycles. The van der Waals surface area contributed by atoms with Crippen LogP contribution in [0.5, 0.6) is 0 Å². The average molecular weight is 461 g/mol. The van der Waals surface area contributed by atoms with Gasteiger partial charge in [-0.1, -0.05) is 49.6 Å². The van der Waals surface area contributed by atoms with Gasteiger partial charge in [-0.3, -0.25) is 9.59 Å². The Morgan fingerprint density at radius 2 is 1.75 bits per heavy atom. The molecule has 1 aliphatic rings. The van der Waals surface area contributed by atoms with Crippen LogP contribution in [0.15, 0.2) is 48.5 Å². The maximum atomic E-state index is 13.9. The Hall–Kier alpha value is -2.41. The highest BCUT2D eigenvalue weighted by atomic mass is 32.2. The van der Waals surface area contributed by atoms with E-state index in [1.54, 1.807) is 37.3 Å². The molecule has 0 bridgehead atoms. The van der Waals surface area contributed by atoms with Crippen molar-refractivity contribution in [2.45, 2.75) is 63.4 Å². The van der Waals surface area contributed by atoms with Gasteiger partial charge in [0, 0.05) is 18.3 Å². The SMILES string of the molecule is CC(C(=O)NC1CCCCC1)N(Cc1ccc(F)cc1)C(=O)CSCc1ccccc1F. The molecule has 32 heavy (non-hydrogen) atoms. The van der Waals surface area contributed by atoms with Crippen molar-refractivity contribution < 1.29 is 18.4 Å². The largest absolute Gasteiger partial charge is 0.352 e. The normalized spacial score (nSPS) is 15.2. The number of halogens is 2. The van der Waals surface area contributed by atoms with Gasteiger partial charge >= 0.3 is 0 Å². The molecule has 0 radical (unpaired) electrons. The zero-order chi connectivity index (χ0) is 22.9. The van der Waals surface area contributed by atoms with E-state index in [9.17, 15) is 18.4 Å². The molecule has 7 heteroatoms. The minimum absolute atomic E-state index is 0.122. The lowest BCUT2D eigenvalue weighted by Crippen LogP contribution is -2.50. The molecule has 172 valence electrons. The van der Waals surface area contributed by atoms with Crippen LogP contribution < -0.4 is 5.32 Å². The van der Waals surface area contributed by atoms with Crippen molar-refractivity contribution in [3.63, 3.8) is 0 Å². The van der Waals surface area contributed by atoms with Gasteiger partial charge in [0.2, 0.25) is 11.8 Å². The molecule has 4 nitrogen and oxygen atoms in total. The Bertz CT molecular complexity index is 901. The quantitative estimate of drug-likeness (QED) is 0.569. The van der Waals surface area contributed by atoms with Crippen molar-refractivity contribution in [3.05, 3.63) is 71.3 Å². The number of amides is 2. The van der Waals surface area contributed by atoms with Crippen molar-refractivity contribution in [1.29, 1.82) is 0 Å². The van der Waals surface area contributed by atoms with Crippen LogP contribution in [0.3, 0.4) is 0 Å². The third kappa shape index (κ3) is 7.05. The number of nitrogens with zero attached hydrogens (tertiary/aromatic N) is 1. The lowest BCUT2D eigenvalue weighted by Gasteiger charge is -2.31. The lowest BCUT2D eigenvalue weighted by molar-refractivity contribution is -0.139. The van der Waals surface area contributed by atoms with Gasteiger partial charge in [-0.2, -0.15) is 0 Å². The van der Waals surface area contributed by atoms with Gasteiger partial charge in [-0.25, -0.2) is 8.78 Å². The summed E-state index contributed by atoms with van der Waals surface area (Å²) in [6.07, 6.45) is 5.32. The highest BCUT2D eigenvalue weighted by Gasteiger charge is 2.28. The predicted molar refractivity (Wildman–Crippen MR) is 124 cm³/mol. The van der Waals surface area contributed by atoms with E-state index in [0.717, 1.165) is 31.2 Å². The average Bonchev–Trinajstić information content (AvgIpc) is 2.80. The summed E-state index contributed by atoms with van der Waals surface area (Å²) in [7, 11) is 0. The van der Waals surface area contributed by atoms with Gasteiger partial charge < -0.3 is 10.2 Å². The van der Waals surface area contributed by atoms with Crippen LogP contribution in [0.4, 0.5) is 8.78 Å². The van der Waals surface area contributed by atoms with E-state index in [1.165, 1.54) is 41.3 Å². The molecule has 1 fully saturated rings. The zero-order valence-corrected chi connectivity index (χ0v) is 19.2. The summed E-state index contributed by atoms with van der Waals surface area (Å²) in [5.41, 5.74) is 1.29. The molecule has 2 amide bonds. The third-order valence-corrected chi connectivity index (χ3v) is 6.79. The number of hydrogen-bond donors (Lipinski definition) is 1. The Kier molecular flexibility index (Phi) is 9.09. The fourth-order valence-electron chi connectivity index (χ4n) is 3.88. The highest BCUT2D eigenvalue weighted by molar-refractivity contribution is 7.99. The monoisotopic (exact) mass is 460 g/mol. The Balaban J connectivity index is 1.65. The molecule has 1 unspecified atom stereocenters. The molecule has 1 saturated carbocycles. The van der Waals surface area contributed by atoms with Crippen molar-refractivity contribution in [2.75, 3.05) is 5.75 Å². The number of hydrogen-bond acceptors (Lipinski definition) is 3. The van der Waals surface area contributed by atoms with E-state index in [0.29, 0.717) is 11.3 Å². The summed E-state index contributed by atoms with van der Waals surface area (Å²) in [6.45, 7) is 1.93. The maximum Gasteiger partial charge on any atom is 0.242 e. The molecule has 0 aromatic heterocycles. The minimum Gasteiger partial charge on any atom is -0.352 e. The van der Waals surface area contributed by atoms with Crippen molar-refractivity contribution in [1.82, 2.24) is 10.2 Å². The minimum atomic E-state index is -0.663. The first-order valence-corrected chi connectivity index (χ1v) is 12.2. The Labute approximate surface area is 192 Å². The van der Waals surface area contributed by atoms with Crippen LogP contribution in [0.1, 0.15) is 50.2 Å². The smallest absolute Gasteiger partial charge is 0.242 e. The molecule has 0 heterocycles. The van der Waals surface area contributed by atoms with E-state index < -0.39 is 6.04 Å². The third-order valence-electron chi connectivity index (χ3n) is 5.83. The molecule has 2 aromatic carbocycles. The number of carbonyl (C=O) groups is 2. The summed E-state index contributed by atoms with van der Waals surface area (Å²) in [4.78, 5) is 27.5. The summed E-state index contributed by atoms with van der Waals surface area (Å²) < 4.78 is 27.2. The van der Waals surface area contributed by atoms with Gasteiger partial charge in [-0.15, -0.1) is 11.8 Å². The van der Waals surface area contributed by atoms with E-state index in [-0.39, 0.29) is 41.8 Å². The van der Waals surface area contributed by atoms with Crippen LogP contribution in [0.2, 0.25) is 0 Å². The van der Waals surface area contributed by atoms with Gasteiger partial charge in [0.05, 0.1) is 5.75 Å². The summed E-state index contributed by atoms with van der Waals surface area (Å²) in [5, 5.41) is 3.09. The van der Waals surface area contributed by atoms with Gasteiger partial charge in [-0.05, 0) is 49.1 Å². The van der Waals surface area contributed by atoms with E-state index >= 15 is 0 Å². The first-order valence-electron chi connectivity index (χ1n) is 11.1. The lowest BCUT2D eigenvalue weighted by atomic mass is 9.95. The second-order valence-electron chi connectivity index (χ2n) is 8.25. The second-order valence-corrected chi connectivity index (χ2v) is 9.24. The summed E-state index contributed by atoms with van der Waals surface area (Å²) in [6, 6.07) is 11.9. The van der Waals surface area contributed by atoms with Crippen molar-refractivity contribution >= 4 is 23.6 Å². The van der Waals surface area contributed by atoms with Crippen LogP contribution >= 0.6 is 11.8 Å². The molecule has 1 aliphatic carbocycles. The van der Waals surface area contributed by atoms with Crippen LogP contribution in [0.25, 0.3) is 0 Å². The number of carbonyl (C=O) groups excluding carboxylic acids is 2. The fourth-order valence-corrected chi connectivity index (χ4v) is 4.78. The number of benzene rings is 2. The first kappa shape index (κ1) is 24.2. The van der Waals surface area contributed by atoms with E-state index in [4.69, 9.17) is 0 Å².